The van der Waals surface area contributed by atoms with Gasteiger partial charge in [-0.05, 0) is 31.2 Å². The van der Waals surface area contributed by atoms with Crippen LogP contribution in [-0.4, -0.2) is 32.3 Å². The highest BCUT2D eigenvalue weighted by molar-refractivity contribution is 5.95. The van der Waals surface area contributed by atoms with E-state index < -0.39 is 5.91 Å². The van der Waals surface area contributed by atoms with Gasteiger partial charge in [-0.15, -0.1) is 0 Å². The fraction of sp³-hybridized carbons (Fsp3) is 0.143. The van der Waals surface area contributed by atoms with Gasteiger partial charge < -0.3 is 4.74 Å². The Bertz CT molecular complexity index is 1260. The first kappa shape index (κ1) is 19.2. The Kier molecular flexibility index (Phi) is 5.17. The molecule has 0 spiro atoms. The molecule has 0 unspecified atom stereocenters. The smallest absolute Gasteiger partial charge is 0.294 e. The molecule has 0 aliphatic rings. The highest BCUT2D eigenvalue weighted by Gasteiger charge is 2.19. The number of aromatic nitrogens is 4. The summed E-state index contributed by atoms with van der Waals surface area (Å²) in [5.74, 6) is 0.0279. The number of rotatable bonds is 6. The average molecular weight is 404 g/mol. The number of methoxy groups -OCH3 is 1. The molecule has 0 saturated carbocycles. The minimum atomic E-state index is -0.522. The summed E-state index contributed by atoms with van der Waals surface area (Å²) in [5.41, 5.74) is 6.53. The molecule has 0 fully saturated rings. The lowest BCUT2D eigenvalue weighted by atomic mass is 10.2. The van der Waals surface area contributed by atoms with Gasteiger partial charge in [0.05, 0.1) is 29.9 Å². The minimum Gasteiger partial charge on any atom is -0.493 e. The van der Waals surface area contributed by atoms with Gasteiger partial charge in [0.2, 0.25) is 5.95 Å². The van der Waals surface area contributed by atoms with Crippen molar-refractivity contribution in [3.05, 3.63) is 76.8 Å². The van der Waals surface area contributed by atoms with Crippen molar-refractivity contribution in [1.29, 1.82) is 0 Å². The SMILES string of the molecule is CCn1c(NNC(=O)c2nn(-c3ccccc3)cc2OC)nc2ccccc2c1=O. The number of ether oxygens (including phenoxy) is 1. The summed E-state index contributed by atoms with van der Waals surface area (Å²) in [6, 6.07) is 16.4. The van der Waals surface area contributed by atoms with Gasteiger partial charge in [0, 0.05) is 6.54 Å². The lowest BCUT2D eigenvalue weighted by Crippen LogP contribution is -2.34. The zero-order valence-corrected chi connectivity index (χ0v) is 16.5. The molecule has 0 bridgehead atoms. The van der Waals surface area contributed by atoms with Crippen LogP contribution in [0.15, 0.2) is 65.6 Å². The molecule has 2 heterocycles. The predicted octanol–water partition coefficient (Wildman–Crippen LogP) is 2.37. The van der Waals surface area contributed by atoms with Crippen LogP contribution in [0.3, 0.4) is 0 Å². The molecule has 30 heavy (non-hydrogen) atoms. The van der Waals surface area contributed by atoms with Crippen molar-refractivity contribution in [2.45, 2.75) is 13.5 Å². The molecule has 9 heteroatoms. The standard InChI is InChI=1S/C21H20N6O3/c1-3-26-20(29)15-11-7-8-12-16(15)22-21(26)24-23-19(28)18-17(30-2)13-27(25-18)14-9-5-4-6-10-14/h4-13H,3H2,1-2H3,(H,22,24)(H,23,28). The van der Waals surface area contributed by atoms with Crippen LogP contribution in [0.1, 0.15) is 17.4 Å². The first-order chi connectivity index (χ1) is 14.6. The van der Waals surface area contributed by atoms with Crippen LogP contribution in [0.25, 0.3) is 16.6 Å². The molecule has 0 saturated heterocycles. The van der Waals surface area contributed by atoms with E-state index in [-0.39, 0.29) is 17.2 Å². The normalized spacial score (nSPS) is 10.7. The molecule has 2 aromatic heterocycles. The Hall–Kier alpha value is -4.14. The number of anilines is 1. The topological polar surface area (TPSA) is 103 Å². The van der Waals surface area contributed by atoms with Crippen molar-refractivity contribution < 1.29 is 9.53 Å². The quantitative estimate of drug-likeness (QED) is 0.478. The summed E-state index contributed by atoms with van der Waals surface area (Å²) in [6.07, 6.45) is 1.63. The van der Waals surface area contributed by atoms with Gasteiger partial charge in [-0.1, -0.05) is 30.3 Å². The van der Waals surface area contributed by atoms with Crippen LogP contribution in [-0.2, 0) is 6.54 Å². The van der Waals surface area contributed by atoms with Crippen molar-refractivity contribution in [2.24, 2.45) is 0 Å². The molecular weight excluding hydrogens is 384 g/mol. The van der Waals surface area contributed by atoms with E-state index in [0.717, 1.165) is 5.69 Å². The molecule has 9 nitrogen and oxygen atoms in total. The molecular formula is C21H20N6O3. The van der Waals surface area contributed by atoms with E-state index >= 15 is 0 Å². The van der Waals surface area contributed by atoms with Crippen LogP contribution in [0.4, 0.5) is 5.95 Å². The van der Waals surface area contributed by atoms with Crippen molar-refractivity contribution in [3.8, 4) is 11.4 Å². The number of fused-ring (bicyclic) bond motifs is 1. The van der Waals surface area contributed by atoms with Gasteiger partial charge >= 0.3 is 0 Å². The maximum Gasteiger partial charge on any atom is 0.294 e. The molecule has 4 rings (SSSR count). The van der Waals surface area contributed by atoms with Crippen molar-refractivity contribution >= 4 is 22.8 Å². The molecule has 0 atom stereocenters. The van der Waals surface area contributed by atoms with Crippen LogP contribution >= 0.6 is 0 Å². The van der Waals surface area contributed by atoms with Gasteiger partial charge in [-0.2, -0.15) is 5.10 Å². The van der Waals surface area contributed by atoms with Gasteiger partial charge in [0.25, 0.3) is 11.5 Å². The third-order valence-corrected chi connectivity index (χ3v) is 4.60. The molecule has 4 aromatic rings. The number of nitrogens with zero attached hydrogens (tertiary/aromatic N) is 4. The Morgan fingerprint density at radius 2 is 1.83 bits per heavy atom. The third-order valence-electron chi connectivity index (χ3n) is 4.60. The summed E-state index contributed by atoms with van der Waals surface area (Å²) in [7, 11) is 1.47. The van der Waals surface area contributed by atoms with Crippen LogP contribution in [0.2, 0.25) is 0 Å². The van der Waals surface area contributed by atoms with E-state index in [1.165, 1.54) is 11.7 Å². The van der Waals surface area contributed by atoms with Crippen molar-refractivity contribution in [1.82, 2.24) is 24.8 Å². The molecule has 0 radical (unpaired) electrons. The van der Waals surface area contributed by atoms with E-state index in [1.807, 2.05) is 37.3 Å². The van der Waals surface area contributed by atoms with Gasteiger partial charge in [-0.25, -0.2) is 9.67 Å². The number of para-hydroxylation sites is 2. The number of nitrogens with one attached hydrogen (secondary N) is 2. The minimum absolute atomic E-state index is 0.0973. The van der Waals surface area contributed by atoms with E-state index in [9.17, 15) is 9.59 Å². The van der Waals surface area contributed by atoms with Crippen molar-refractivity contribution in [2.75, 3.05) is 12.5 Å². The number of carbonyl (C=O) groups excluding carboxylic acids is 1. The number of hydrogen-bond donors (Lipinski definition) is 2. The predicted molar refractivity (Wildman–Crippen MR) is 113 cm³/mol. The summed E-state index contributed by atoms with van der Waals surface area (Å²) in [6.45, 7) is 2.22. The van der Waals surface area contributed by atoms with E-state index in [2.05, 4.69) is 20.9 Å². The van der Waals surface area contributed by atoms with Crippen molar-refractivity contribution in [3.63, 3.8) is 0 Å². The lowest BCUT2D eigenvalue weighted by Gasteiger charge is -2.13. The number of benzene rings is 2. The summed E-state index contributed by atoms with van der Waals surface area (Å²) in [4.78, 5) is 29.9. The molecule has 152 valence electrons. The Morgan fingerprint density at radius 3 is 2.57 bits per heavy atom. The first-order valence-electron chi connectivity index (χ1n) is 9.37. The maximum atomic E-state index is 12.7. The van der Waals surface area contributed by atoms with E-state index in [1.54, 1.807) is 35.1 Å². The summed E-state index contributed by atoms with van der Waals surface area (Å²) < 4.78 is 8.31. The maximum absolute atomic E-state index is 12.7. The third kappa shape index (κ3) is 3.48. The number of hydrogen-bond acceptors (Lipinski definition) is 6. The fourth-order valence-corrected chi connectivity index (χ4v) is 3.11. The zero-order valence-electron chi connectivity index (χ0n) is 16.5. The second kappa shape index (κ2) is 8.08. The Labute approximate surface area is 171 Å². The van der Waals surface area contributed by atoms with Crippen LogP contribution in [0, 0.1) is 0 Å². The molecule has 2 N–H and O–H groups in total. The number of hydrazine groups is 1. The molecule has 0 aliphatic heterocycles. The molecule has 0 aliphatic carbocycles. The molecule has 1 amide bonds. The zero-order chi connectivity index (χ0) is 21.1. The highest BCUT2D eigenvalue weighted by Crippen LogP contribution is 2.19. The fourth-order valence-electron chi connectivity index (χ4n) is 3.11. The number of amides is 1. The molecule has 2 aromatic carbocycles. The van der Waals surface area contributed by atoms with Crippen LogP contribution < -0.4 is 21.1 Å². The first-order valence-corrected chi connectivity index (χ1v) is 9.37. The second-order valence-corrected chi connectivity index (χ2v) is 6.41. The largest absolute Gasteiger partial charge is 0.493 e. The van der Waals surface area contributed by atoms with E-state index in [0.29, 0.717) is 23.2 Å². The van der Waals surface area contributed by atoms with Gasteiger partial charge in [0.1, 0.15) is 0 Å². The second-order valence-electron chi connectivity index (χ2n) is 6.41. The number of carbonyl (C=O) groups is 1. The Morgan fingerprint density at radius 1 is 1.10 bits per heavy atom. The Balaban J connectivity index is 1.61. The monoisotopic (exact) mass is 404 g/mol. The summed E-state index contributed by atoms with van der Waals surface area (Å²) in [5, 5.41) is 4.84. The highest BCUT2D eigenvalue weighted by atomic mass is 16.5. The lowest BCUT2D eigenvalue weighted by molar-refractivity contribution is 0.0953. The van der Waals surface area contributed by atoms with Crippen LogP contribution in [0.5, 0.6) is 5.75 Å². The summed E-state index contributed by atoms with van der Waals surface area (Å²) >= 11 is 0. The average Bonchev–Trinajstić information content (AvgIpc) is 3.23. The van der Waals surface area contributed by atoms with Gasteiger partial charge in [0.15, 0.2) is 11.4 Å². The van der Waals surface area contributed by atoms with E-state index in [4.69, 9.17) is 4.74 Å². The van der Waals surface area contributed by atoms with Gasteiger partial charge in [-0.3, -0.25) is 25.0 Å².